The molecule has 50 heavy (non-hydrogen) atoms. The van der Waals surface area contributed by atoms with Crippen LogP contribution in [0.15, 0.2) is 176 Å². The van der Waals surface area contributed by atoms with Gasteiger partial charge in [0.25, 0.3) is 0 Å². The molecule has 0 spiro atoms. The van der Waals surface area contributed by atoms with Crippen LogP contribution in [0.2, 0.25) is 0 Å². The second-order valence-electron chi connectivity index (χ2n) is 13.0. The largest absolute Gasteiger partial charge is 0.309 e. The van der Waals surface area contributed by atoms with Crippen LogP contribution in [0, 0.1) is 0 Å². The third-order valence-corrected chi connectivity index (χ3v) is 10.0. The van der Waals surface area contributed by atoms with Crippen molar-refractivity contribution in [3.63, 3.8) is 0 Å². The summed E-state index contributed by atoms with van der Waals surface area (Å²) in [6.45, 7) is 0. The second kappa shape index (κ2) is 11.5. The first-order valence-electron chi connectivity index (χ1n) is 17.1. The molecule has 2 aromatic heterocycles. The fourth-order valence-corrected chi connectivity index (χ4v) is 7.63. The maximum atomic E-state index is 5.22. The highest BCUT2D eigenvalue weighted by atomic mass is 15.0. The Morgan fingerprint density at radius 3 is 1.76 bits per heavy atom. The second-order valence-corrected chi connectivity index (χ2v) is 13.0. The minimum Gasteiger partial charge on any atom is -0.309 e. The maximum Gasteiger partial charge on any atom is 0.160 e. The average molecular weight is 638 g/mol. The molecule has 0 bridgehead atoms. The Labute approximate surface area is 290 Å². The highest BCUT2D eigenvalue weighted by molar-refractivity contribution is 6.10. The normalized spacial score (nSPS) is 11.9. The summed E-state index contributed by atoms with van der Waals surface area (Å²) in [6, 6.07) is 62.8. The molecular weight excluding hydrogens is 607 g/mol. The number of hydrogen-bond acceptors (Lipinski definition) is 2. The molecule has 10 rings (SSSR count). The molecule has 2 heterocycles. The van der Waals surface area contributed by atoms with Crippen molar-refractivity contribution in [2.24, 2.45) is 0 Å². The van der Waals surface area contributed by atoms with Crippen molar-refractivity contribution in [3.8, 4) is 61.8 Å². The van der Waals surface area contributed by atoms with Crippen LogP contribution in [0.4, 0.5) is 0 Å². The van der Waals surface area contributed by atoms with Gasteiger partial charge in [-0.2, -0.15) is 0 Å². The zero-order valence-corrected chi connectivity index (χ0v) is 27.3. The van der Waals surface area contributed by atoms with Crippen molar-refractivity contribution >= 4 is 21.8 Å². The third-order valence-electron chi connectivity index (χ3n) is 10.0. The molecular formula is C47H31N3. The number of hydrogen-bond donors (Lipinski definition) is 0. The summed E-state index contributed by atoms with van der Waals surface area (Å²) < 4.78 is 2.38. The van der Waals surface area contributed by atoms with Gasteiger partial charge < -0.3 is 4.57 Å². The van der Waals surface area contributed by atoms with Gasteiger partial charge in [-0.3, -0.25) is 0 Å². The molecule has 3 nitrogen and oxygen atoms in total. The van der Waals surface area contributed by atoms with E-state index in [1.807, 2.05) is 18.2 Å². The highest BCUT2D eigenvalue weighted by Gasteiger charge is 2.26. The van der Waals surface area contributed by atoms with Crippen molar-refractivity contribution in [3.05, 3.63) is 187 Å². The Bertz CT molecular complexity index is 2710. The van der Waals surface area contributed by atoms with Gasteiger partial charge >= 0.3 is 0 Å². The number of rotatable bonds is 5. The van der Waals surface area contributed by atoms with Crippen LogP contribution in [0.1, 0.15) is 11.1 Å². The van der Waals surface area contributed by atoms with Crippen molar-refractivity contribution in [2.45, 2.75) is 6.42 Å². The lowest BCUT2D eigenvalue weighted by molar-refractivity contribution is 1.13. The van der Waals surface area contributed by atoms with Crippen molar-refractivity contribution in [2.75, 3.05) is 0 Å². The molecule has 0 amide bonds. The van der Waals surface area contributed by atoms with Crippen molar-refractivity contribution < 1.29 is 0 Å². The molecule has 0 atom stereocenters. The molecule has 1 aliphatic rings. The SMILES string of the molecule is c1ccc(-c2nc(-c3ccccc3)c3c(n2)-c2cc(-c4cccc(-c5ccc6c7ccccc7n(-c7ccccc7)c6c5)c4)ccc2C3)cc1. The van der Waals surface area contributed by atoms with E-state index in [0.717, 1.165) is 40.4 Å². The standard InChI is InChI=1S/C47H31N3/c1-4-13-31(14-5-1)45-42-29-37-24-23-35(28-41(37)46(42)49-47(48-45)32-15-6-2-7-16-32)33-17-12-18-34(27-33)36-25-26-40-39-21-10-11-22-43(39)50(44(40)30-36)38-19-8-3-9-20-38/h1-28,30H,29H2. The number of aromatic nitrogens is 3. The zero-order valence-electron chi connectivity index (χ0n) is 27.3. The zero-order chi connectivity index (χ0) is 33.0. The molecule has 7 aromatic carbocycles. The summed E-state index contributed by atoms with van der Waals surface area (Å²) in [7, 11) is 0. The smallest absolute Gasteiger partial charge is 0.160 e. The van der Waals surface area contributed by atoms with E-state index in [0.29, 0.717) is 0 Å². The van der Waals surface area contributed by atoms with E-state index in [9.17, 15) is 0 Å². The third kappa shape index (κ3) is 4.67. The first kappa shape index (κ1) is 28.4. The highest BCUT2D eigenvalue weighted by Crippen LogP contribution is 2.43. The predicted molar refractivity (Wildman–Crippen MR) is 206 cm³/mol. The van der Waals surface area contributed by atoms with Gasteiger partial charge in [-0.1, -0.05) is 140 Å². The van der Waals surface area contributed by atoms with Gasteiger partial charge in [0, 0.05) is 45.1 Å². The Kier molecular flexibility index (Phi) is 6.56. The molecule has 1 aliphatic carbocycles. The monoisotopic (exact) mass is 637 g/mol. The van der Waals surface area contributed by atoms with Crippen molar-refractivity contribution in [1.29, 1.82) is 0 Å². The molecule has 0 aliphatic heterocycles. The van der Waals surface area contributed by atoms with E-state index >= 15 is 0 Å². The summed E-state index contributed by atoms with van der Waals surface area (Å²) in [4.78, 5) is 10.4. The van der Waals surface area contributed by atoms with Crippen LogP contribution in [0.25, 0.3) is 83.6 Å². The van der Waals surface area contributed by atoms with Crippen molar-refractivity contribution in [1.82, 2.24) is 14.5 Å². The number of nitrogens with zero attached hydrogens (tertiary/aromatic N) is 3. The Hall–Kier alpha value is -6.58. The molecule has 0 saturated carbocycles. The molecule has 0 N–H and O–H groups in total. The van der Waals surface area contributed by atoms with Gasteiger partial charge in [-0.15, -0.1) is 0 Å². The quantitative estimate of drug-likeness (QED) is 0.188. The van der Waals surface area contributed by atoms with E-state index in [1.54, 1.807) is 0 Å². The number of fused-ring (bicyclic) bond motifs is 6. The summed E-state index contributed by atoms with van der Waals surface area (Å²) in [5.74, 6) is 0.756. The summed E-state index contributed by atoms with van der Waals surface area (Å²) in [5.41, 5.74) is 16.2. The van der Waals surface area contributed by atoms with E-state index in [2.05, 4.69) is 162 Å². The number of benzene rings is 7. The summed E-state index contributed by atoms with van der Waals surface area (Å²) in [6.07, 6.45) is 0.819. The molecule has 9 aromatic rings. The van der Waals surface area contributed by atoms with Gasteiger partial charge in [0.1, 0.15) is 0 Å². The van der Waals surface area contributed by atoms with Crippen LogP contribution in [-0.2, 0) is 6.42 Å². The number of para-hydroxylation sites is 2. The lowest BCUT2D eigenvalue weighted by Gasteiger charge is -2.12. The molecule has 3 heteroatoms. The van der Waals surface area contributed by atoms with E-state index < -0.39 is 0 Å². The lowest BCUT2D eigenvalue weighted by Crippen LogP contribution is -1.99. The van der Waals surface area contributed by atoms with Gasteiger partial charge in [-0.05, 0) is 64.2 Å². The molecule has 0 unspecified atom stereocenters. The van der Waals surface area contributed by atoms with Crippen LogP contribution in [-0.4, -0.2) is 14.5 Å². The van der Waals surface area contributed by atoms with Gasteiger partial charge in [0.05, 0.1) is 22.4 Å². The molecule has 234 valence electrons. The van der Waals surface area contributed by atoms with Gasteiger partial charge in [0.15, 0.2) is 5.82 Å². The lowest BCUT2D eigenvalue weighted by atomic mass is 9.96. The Balaban J connectivity index is 1.09. The fraction of sp³-hybridized carbons (Fsp3) is 0.0213. The summed E-state index contributed by atoms with van der Waals surface area (Å²) >= 11 is 0. The van der Waals surface area contributed by atoms with Gasteiger partial charge in [-0.25, -0.2) is 9.97 Å². The average Bonchev–Trinajstić information content (AvgIpc) is 3.73. The first-order chi connectivity index (χ1) is 24.8. The summed E-state index contributed by atoms with van der Waals surface area (Å²) in [5, 5.41) is 2.52. The molecule has 0 fully saturated rings. The van der Waals surface area contributed by atoms with E-state index in [1.165, 1.54) is 60.8 Å². The van der Waals surface area contributed by atoms with Crippen LogP contribution < -0.4 is 0 Å². The van der Waals surface area contributed by atoms with Crippen LogP contribution in [0.3, 0.4) is 0 Å². The maximum absolute atomic E-state index is 5.22. The molecule has 0 saturated heterocycles. The Morgan fingerprint density at radius 1 is 0.400 bits per heavy atom. The fourth-order valence-electron chi connectivity index (χ4n) is 7.63. The van der Waals surface area contributed by atoms with E-state index in [4.69, 9.17) is 9.97 Å². The minimum absolute atomic E-state index is 0.756. The predicted octanol–water partition coefficient (Wildman–Crippen LogP) is 11.8. The first-order valence-corrected chi connectivity index (χ1v) is 17.1. The minimum atomic E-state index is 0.756. The van der Waals surface area contributed by atoms with E-state index in [-0.39, 0.29) is 0 Å². The topological polar surface area (TPSA) is 30.7 Å². The van der Waals surface area contributed by atoms with Crippen LogP contribution >= 0.6 is 0 Å². The van der Waals surface area contributed by atoms with Gasteiger partial charge in [0.2, 0.25) is 0 Å². The Morgan fingerprint density at radius 2 is 0.980 bits per heavy atom. The van der Waals surface area contributed by atoms with Crippen LogP contribution in [0.5, 0.6) is 0 Å². The molecule has 0 radical (unpaired) electrons.